The molecule has 0 saturated heterocycles. The van der Waals surface area contributed by atoms with Gasteiger partial charge in [0.15, 0.2) is 0 Å². The summed E-state index contributed by atoms with van der Waals surface area (Å²) in [4.78, 5) is 0. The number of rotatable bonds is 2. The summed E-state index contributed by atoms with van der Waals surface area (Å²) in [6, 6.07) is 19.6. The fraction of sp³-hybridized carbons (Fsp3) is 0.136. The number of benzene rings is 3. The monoisotopic (exact) mass is 392 g/mol. The molecular formula is C22H17ClN2O3. The Hall–Kier alpha value is -3.18. The Kier molecular flexibility index (Phi) is 3.91. The van der Waals surface area contributed by atoms with E-state index >= 15 is 0 Å². The first-order valence-electron chi connectivity index (χ1n) is 8.99. The lowest BCUT2D eigenvalue weighted by Crippen LogP contribution is -2.33. The van der Waals surface area contributed by atoms with Crippen LogP contribution in [0.5, 0.6) is 17.2 Å². The molecule has 2 aliphatic rings. The van der Waals surface area contributed by atoms with Gasteiger partial charge in [-0.2, -0.15) is 5.10 Å². The Labute approximate surface area is 167 Å². The maximum atomic E-state index is 10.3. The van der Waals surface area contributed by atoms with Gasteiger partial charge in [0.05, 0.1) is 11.8 Å². The zero-order valence-corrected chi connectivity index (χ0v) is 15.5. The molecule has 0 aromatic heterocycles. The van der Waals surface area contributed by atoms with Crippen molar-refractivity contribution in [1.82, 2.24) is 5.01 Å². The van der Waals surface area contributed by atoms with Gasteiger partial charge in [0.1, 0.15) is 17.2 Å². The molecule has 5 rings (SSSR count). The first kappa shape index (κ1) is 17.0. The van der Waals surface area contributed by atoms with Crippen molar-refractivity contribution in [2.75, 3.05) is 0 Å². The predicted octanol–water partition coefficient (Wildman–Crippen LogP) is 4.99. The number of phenolic OH excluding ortho intramolecular Hbond substituents is 2. The molecule has 0 amide bonds. The molecule has 140 valence electrons. The van der Waals surface area contributed by atoms with E-state index in [-0.39, 0.29) is 17.5 Å². The highest BCUT2D eigenvalue weighted by Gasteiger charge is 2.41. The Morgan fingerprint density at radius 1 is 1.00 bits per heavy atom. The van der Waals surface area contributed by atoms with Gasteiger partial charge in [-0.3, -0.25) is 0 Å². The highest BCUT2D eigenvalue weighted by atomic mass is 35.5. The van der Waals surface area contributed by atoms with Gasteiger partial charge < -0.3 is 14.9 Å². The van der Waals surface area contributed by atoms with Crippen molar-refractivity contribution in [2.45, 2.75) is 18.7 Å². The second-order valence-electron chi connectivity index (χ2n) is 6.91. The number of halogens is 1. The van der Waals surface area contributed by atoms with E-state index in [1.54, 1.807) is 24.3 Å². The largest absolute Gasteiger partial charge is 0.508 e. The molecule has 5 nitrogen and oxygen atoms in total. The maximum absolute atomic E-state index is 10.3. The van der Waals surface area contributed by atoms with Crippen molar-refractivity contribution in [1.29, 1.82) is 0 Å². The molecule has 0 saturated carbocycles. The summed E-state index contributed by atoms with van der Waals surface area (Å²) in [7, 11) is 0. The number of hydrogen-bond acceptors (Lipinski definition) is 5. The third-order valence-corrected chi connectivity index (χ3v) is 5.38. The minimum Gasteiger partial charge on any atom is -0.508 e. The number of para-hydroxylation sites is 1. The van der Waals surface area contributed by atoms with Crippen LogP contribution >= 0.6 is 11.6 Å². The van der Waals surface area contributed by atoms with Crippen LogP contribution in [-0.2, 0) is 0 Å². The summed E-state index contributed by atoms with van der Waals surface area (Å²) >= 11 is 6.24. The van der Waals surface area contributed by atoms with E-state index in [1.165, 1.54) is 0 Å². The van der Waals surface area contributed by atoms with Crippen LogP contribution in [0, 0.1) is 0 Å². The topological polar surface area (TPSA) is 65.3 Å². The second-order valence-corrected chi connectivity index (χ2v) is 7.34. The number of hydrazone groups is 1. The molecule has 0 bridgehead atoms. The van der Waals surface area contributed by atoms with Crippen LogP contribution in [0.4, 0.5) is 0 Å². The molecular weight excluding hydrogens is 376 g/mol. The van der Waals surface area contributed by atoms with Crippen molar-refractivity contribution >= 4 is 17.3 Å². The maximum Gasteiger partial charge on any atom is 0.213 e. The molecule has 0 radical (unpaired) electrons. The van der Waals surface area contributed by atoms with Gasteiger partial charge in [-0.05, 0) is 54.6 Å². The van der Waals surface area contributed by atoms with E-state index < -0.39 is 6.23 Å². The first-order valence-corrected chi connectivity index (χ1v) is 9.37. The molecule has 3 aromatic carbocycles. The van der Waals surface area contributed by atoms with Crippen molar-refractivity contribution < 1.29 is 14.9 Å². The smallest absolute Gasteiger partial charge is 0.213 e. The zero-order valence-electron chi connectivity index (χ0n) is 14.8. The van der Waals surface area contributed by atoms with Gasteiger partial charge in [-0.15, -0.1) is 0 Å². The lowest BCUT2D eigenvalue weighted by atomic mass is 9.95. The minimum atomic E-state index is -0.442. The van der Waals surface area contributed by atoms with E-state index in [9.17, 15) is 10.2 Å². The number of aromatic hydroxyl groups is 2. The predicted molar refractivity (Wildman–Crippen MR) is 107 cm³/mol. The molecule has 3 aromatic rings. The summed E-state index contributed by atoms with van der Waals surface area (Å²) in [5.74, 6) is 1.16. The van der Waals surface area contributed by atoms with Gasteiger partial charge in [0.25, 0.3) is 0 Å². The number of ether oxygens (including phenoxy) is 1. The Bertz CT molecular complexity index is 1080. The Morgan fingerprint density at radius 2 is 1.79 bits per heavy atom. The van der Waals surface area contributed by atoms with Gasteiger partial charge in [-0.1, -0.05) is 23.7 Å². The highest BCUT2D eigenvalue weighted by molar-refractivity contribution is 6.30. The second kappa shape index (κ2) is 6.46. The first-order chi connectivity index (χ1) is 13.6. The quantitative estimate of drug-likeness (QED) is 0.644. The van der Waals surface area contributed by atoms with Crippen LogP contribution in [-0.4, -0.2) is 20.9 Å². The van der Waals surface area contributed by atoms with Crippen LogP contribution in [0.25, 0.3) is 0 Å². The summed E-state index contributed by atoms with van der Waals surface area (Å²) in [6.07, 6.45) is 0.186. The van der Waals surface area contributed by atoms with Crippen molar-refractivity contribution in [3.63, 3.8) is 0 Å². The molecule has 0 aliphatic carbocycles. The average molecular weight is 393 g/mol. The number of fused-ring (bicyclic) bond motifs is 3. The molecule has 28 heavy (non-hydrogen) atoms. The van der Waals surface area contributed by atoms with Crippen molar-refractivity contribution in [2.24, 2.45) is 5.10 Å². The van der Waals surface area contributed by atoms with E-state index in [2.05, 4.69) is 0 Å². The average Bonchev–Trinajstić information content (AvgIpc) is 3.14. The molecule has 0 fully saturated rings. The van der Waals surface area contributed by atoms with Crippen molar-refractivity contribution in [3.8, 4) is 17.2 Å². The summed E-state index contributed by atoms with van der Waals surface area (Å²) < 4.78 is 6.26. The van der Waals surface area contributed by atoms with E-state index in [0.717, 1.165) is 22.6 Å². The fourth-order valence-electron chi connectivity index (χ4n) is 3.80. The van der Waals surface area contributed by atoms with E-state index in [4.69, 9.17) is 21.4 Å². The number of nitrogens with zero attached hydrogens (tertiary/aromatic N) is 2. The molecule has 2 heterocycles. The molecule has 0 unspecified atom stereocenters. The van der Waals surface area contributed by atoms with Gasteiger partial charge in [-0.25, -0.2) is 5.01 Å². The SMILES string of the molecule is Oc1ccc([C@H]2Oc3ccc(Cl)cc3[C@@H]3CC(c4ccccc4O)=NN23)cc1. The van der Waals surface area contributed by atoms with Crippen LogP contribution in [0.2, 0.25) is 5.02 Å². The molecule has 6 heteroatoms. The fourth-order valence-corrected chi connectivity index (χ4v) is 3.98. The highest BCUT2D eigenvalue weighted by Crippen LogP contribution is 2.48. The van der Waals surface area contributed by atoms with Crippen LogP contribution in [0.3, 0.4) is 0 Å². The normalized spacial score (nSPS) is 20.2. The van der Waals surface area contributed by atoms with Gasteiger partial charge in [0.2, 0.25) is 6.23 Å². The van der Waals surface area contributed by atoms with Crippen LogP contribution < -0.4 is 4.74 Å². The van der Waals surface area contributed by atoms with Crippen LogP contribution in [0.1, 0.15) is 35.4 Å². The third-order valence-electron chi connectivity index (χ3n) is 5.15. The summed E-state index contributed by atoms with van der Waals surface area (Å²) in [6.45, 7) is 0. The number of phenols is 2. The van der Waals surface area contributed by atoms with Gasteiger partial charge in [0, 0.05) is 28.1 Å². The Morgan fingerprint density at radius 3 is 2.57 bits per heavy atom. The van der Waals surface area contributed by atoms with Crippen LogP contribution in [0.15, 0.2) is 71.8 Å². The zero-order chi connectivity index (χ0) is 19.3. The lowest BCUT2D eigenvalue weighted by molar-refractivity contribution is -0.0190. The van der Waals surface area contributed by atoms with Crippen molar-refractivity contribution in [3.05, 3.63) is 88.4 Å². The standard InChI is InChI=1S/C22H17ClN2O3/c23-14-7-10-21-17(11-14)19-12-18(16-3-1-2-4-20(16)27)24-25(19)22(28-21)13-5-8-15(26)9-6-13/h1-11,19,22,26-27H,12H2/t19-,22+/m0/s1. The van der Waals surface area contributed by atoms with Gasteiger partial charge >= 0.3 is 0 Å². The number of hydrogen-bond donors (Lipinski definition) is 2. The molecule has 2 aliphatic heterocycles. The summed E-state index contributed by atoms with van der Waals surface area (Å²) in [5, 5.41) is 27.3. The molecule has 0 spiro atoms. The minimum absolute atomic E-state index is 0.0594. The lowest BCUT2D eigenvalue weighted by Gasteiger charge is -2.38. The third kappa shape index (κ3) is 2.75. The Balaban J connectivity index is 1.62. The van der Waals surface area contributed by atoms with E-state index in [1.807, 2.05) is 47.5 Å². The molecule has 2 atom stereocenters. The molecule has 2 N–H and O–H groups in total. The van der Waals surface area contributed by atoms with E-state index in [0.29, 0.717) is 17.0 Å². The summed E-state index contributed by atoms with van der Waals surface area (Å²) in [5.41, 5.74) is 3.36.